The van der Waals surface area contributed by atoms with Gasteiger partial charge in [-0.1, -0.05) is 22.9 Å². The van der Waals surface area contributed by atoms with Gasteiger partial charge in [0, 0.05) is 31.6 Å². The lowest BCUT2D eigenvalue weighted by Crippen LogP contribution is -2.33. The van der Waals surface area contributed by atoms with Gasteiger partial charge in [-0.2, -0.15) is 4.98 Å². The summed E-state index contributed by atoms with van der Waals surface area (Å²) in [5.41, 5.74) is 1.72. The van der Waals surface area contributed by atoms with Crippen molar-refractivity contribution in [1.29, 1.82) is 0 Å². The van der Waals surface area contributed by atoms with Crippen molar-refractivity contribution in [2.24, 2.45) is 0 Å². The van der Waals surface area contributed by atoms with E-state index in [0.717, 1.165) is 29.3 Å². The summed E-state index contributed by atoms with van der Waals surface area (Å²) in [4.78, 5) is 17.7. The molecule has 0 unspecified atom stereocenters. The summed E-state index contributed by atoms with van der Waals surface area (Å²) in [6, 6.07) is 9.97. The summed E-state index contributed by atoms with van der Waals surface area (Å²) in [5.74, 6) is -0.495. The molecule has 0 atom stereocenters. The van der Waals surface area contributed by atoms with Crippen LogP contribution in [-0.2, 0) is 6.42 Å². The van der Waals surface area contributed by atoms with Gasteiger partial charge in [0.25, 0.3) is 5.89 Å². The van der Waals surface area contributed by atoms with E-state index in [4.69, 9.17) is 4.52 Å². The molecule has 0 saturated carbocycles. The van der Waals surface area contributed by atoms with Gasteiger partial charge in [0.15, 0.2) is 5.82 Å². The number of urea groups is 1. The summed E-state index contributed by atoms with van der Waals surface area (Å²) in [6.07, 6.45) is 0.352. The van der Waals surface area contributed by atoms with Gasteiger partial charge in [-0.15, -0.1) is 0 Å². The number of rotatable bonds is 5. The van der Waals surface area contributed by atoms with Gasteiger partial charge in [0.05, 0.1) is 5.69 Å². The van der Waals surface area contributed by atoms with Crippen LogP contribution in [0.4, 0.5) is 19.3 Å². The lowest BCUT2D eigenvalue weighted by atomic mass is 10.1. The summed E-state index contributed by atoms with van der Waals surface area (Å²) in [5, 5.41) is 6.23. The minimum Gasteiger partial charge on any atom is -0.334 e. The van der Waals surface area contributed by atoms with E-state index in [9.17, 15) is 13.6 Å². The Morgan fingerprint density at radius 3 is 2.67 bits per heavy atom. The Balaban J connectivity index is 1.57. The molecule has 0 aliphatic carbocycles. The zero-order valence-corrected chi connectivity index (χ0v) is 14.9. The fourth-order valence-corrected chi connectivity index (χ4v) is 2.34. The van der Waals surface area contributed by atoms with E-state index < -0.39 is 17.7 Å². The molecule has 3 aromatic rings. The molecule has 0 aliphatic heterocycles. The Morgan fingerprint density at radius 2 is 1.93 bits per heavy atom. The SMILES string of the molecule is Cc1ccc(-c2nc(CCN(C)C(=O)Nc3cc(F)ccc3F)no2)cc1. The van der Waals surface area contributed by atoms with Crippen LogP contribution >= 0.6 is 0 Å². The lowest BCUT2D eigenvalue weighted by Gasteiger charge is -2.17. The van der Waals surface area contributed by atoms with Crippen LogP contribution in [0.2, 0.25) is 0 Å². The molecule has 1 aromatic heterocycles. The third-order valence-electron chi connectivity index (χ3n) is 3.95. The van der Waals surface area contributed by atoms with Crippen LogP contribution in [0.5, 0.6) is 0 Å². The maximum Gasteiger partial charge on any atom is 0.321 e. The number of benzene rings is 2. The molecule has 1 heterocycles. The van der Waals surface area contributed by atoms with E-state index in [1.54, 1.807) is 0 Å². The molecule has 8 heteroatoms. The van der Waals surface area contributed by atoms with E-state index in [-0.39, 0.29) is 12.2 Å². The molecule has 0 bridgehead atoms. The standard InChI is InChI=1S/C19H18F2N4O2/c1-12-3-5-13(6-4-12)18-23-17(24-27-18)9-10-25(2)19(26)22-16-11-14(20)7-8-15(16)21/h3-8,11H,9-10H2,1-2H3,(H,22,26). The molecule has 6 nitrogen and oxygen atoms in total. The fraction of sp³-hybridized carbons (Fsp3) is 0.211. The van der Waals surface area contributed by atoms with E-state index in [2.05, 4.69) is 15.5 Å². The summed E-state index contributed by atoms with van der Waals surface area (Å²) < 4.78 is 32.0. The summed E-state index contributed by atoms with van der Waals surface area (Å²) >= 11 is 0. The van der Waals surface area contributed by atoms with Crippen LogP contribution in [0.3, 0.4) is 0 Å². The predicted molar refractivity (Wildman–Crippen MR) is 96.2 cm³/mol. The van der Waals surface area contributed by atoms with Crippen molar-refractivity contribution in [2.75, 3.05) is 18.9 Å². The van der Waals surface area contributed by atoms with Crippen LogP contribution in [-0.4, -0.2) is 34.7 Å². The first-order valence-corrected chi connectivity index (χ1v) is 8.29. The number of aromatic nitrogens is 2. The van der Waals surface area contributed by atoms with Crippen LogP contribution in [0.25, 0.3) is 11.5 Å². The molecule has 27 heavy (non-hydrogen) atoms. The number of anilines is 1. The Labute approximate surface area is 154 Å². The first kappa shape index (κ1) is 18.5. The Kier molecular flexibility index (Phi) is 5.44. The molecule has 0 spiro atoms. The molecular formula is C19H18F2N4O2. The fourth-order valence-electron chi connectivity index (χ4n) is 2.34. The second-order valence-electron chi connectivity index (χ2n) is 6.11. The number of aryl methyl sites for hydroxylation is 1. The van der Waals surface area contributed by atoms with Gasteiger partial charge in [-0.3, -0.25) is 0 Å². The highest BCUT2D eigenvalue weighted by atomic mass is 19.1. The number of likely N-dealkylation sites (N-methyl/N-ethyl adjacent to an activating group) is 1. The van der Waals surface area contributed by atoms with E-state index in [1.807, 2.05) is 31.2 Å². The Morgan fingerprint density at radius 1 is 1.19 bits per heavy atom. The van der Waals surface area contributed by atoms with E-state index in [0.29, 0.717) is 18.1 Å². The number of carbonyl (C=O) groups excluding carboxylic acids is 1. The largest absolute Gasteiger partial charge is 0.334 e. The van der Waals surface area contributed by atoms with Crippen LogP contribution < -0.4 is 5.32 Å². The molecule has 1 N–H and O–H groups in total. The molecule has 2 amide bonds. The van der Waals surface area contributed by atoms with Crippen molar-refractivity contribution in [3.05, 3.63) is 65.5 Å². The number of hydrogen-bond donors (Lipinski definition) is 1. The Hall–Kier alpha value is -3.29. The molecule has 140 valence electrons. The first-order chi connectivity index (χ1) is 12.9. The van der Waals surface area contributed by atoms with Gasteiger partial charge in [0.2, 0.25) is 0 Å². The van der Waals surface area contributed by atoms with Crippen molar-refractivity contribution >= 4 is 11.7 Å². The van der Waals surface area contributed by atoms with Gasteiger partial charge in [-0.05, 0) is 31.2 Å². The Bertz CT molecular complexity index is 941. The minimum atomic E-state index is -0.709. The van der Waals surface area contributed by atoms with Crippen LogP contribution in [0.1, 0.15) is 11.4 Å². The number of carbonyl (C=O) groups is 1. The van der Waals surface area contributed by atoms with Crippen molar-refractivity contribution in [1.82, 2.24) is 15.0 Å². The monoisotopic (exact) mass is 372 g/mol. The second kappa shape index (κ2) is 7.94. The molecule has 3 rings (SSSR count). The van der Waals surface area contributed by atoms with Crippen LogP contribution in [0.15, 0.2) is 47.0 Å². The predicted octanol–water partition coefficient (Wildman–Crippen LogP) is 4.03. The highest BCUT2D eigenvalue weighted by molar-refractivity contribution is 5.89. The topological polar surface area (TPSA) is 71.3 Å². The van der Waals surface area contributed by atoms with Crippen molar-refractivity contribution in [2.45, 2.75) is 13.3 Å². The zero-order valence-electron chi connectivity index (χ0n) is 14.9. The van der Waals surface area contributed by atoms with Gasteiger partial charge >= 0.3 is 6.03 Å². The van der Waals surface area contributed by atoms with Crippen molar-refractivity contribution in [3.63, 3.8) is 0 Å². The number of nitrogens with zero attached hydrogens (tertiary/aromatic N) is 3. The molecule has 0 fully saturated rings. The maximum atomic E-state index is 13.6. The van der Waals surface area contributed by atoms with Gasteiger partial charge in [0.1, 0.15) is 11.6 Å². The average molecular weight is 372 g/mol. The quantitative estimate of drug-likeness (QED) is 0.734. The first-order valence-electron chi connectivity index (χ1n) is 8.29. The number of nitrogens with one attached hydrogen (secondary N) is 1. The third kappa shape index (κ3) is 4.66. The number of halogens is 2. The lowest BCUT2D eigenvalue weighted by molar-refractivity contribution is 0.222. The molecule has 0 saturated heterocycles. The van der Waals surface area contributed by atoms with E-state index in [1.165, 1.54) is 11.9 Å². The number of hydrogen-bond acceptors (Lipinski definition) is 4. The molecule has 2 aromatic carbocycles. The molecular weight excluding hydrogens is 354 g/mol. The highest BCUT2D eigenvalue weighted by Crippen LogP contribution is 2.18. The van der Waals surface area contributed by atoms with Crippen LogP contribution in [0, 0.1) is 18.6 Å². The molecule has 0 radical (unpaired) electrons. The maximum absolute atomic E-state index is 13.6. The summed E-state index contributed by atoms with van der Waals surface area (Å²) in [6.45, 7) is 2.26. The highest BCUT2D eigenvalue weighted by Gasteiger charge is 2.14. The minimum absolute atomic E-state index is 0.215. The van der Waals surface area contributed by atoms with E-state index >= 15 is 0 Å². The molecule has 0 aliphatic rings. The van der Waals surface area contributed by atoms with Crippen molar-refractivity contribution < 1.29 is 18.1 Å². The smallest absolute Gasteiger partial charge is 0.321 e. The van der Waals surface area contributed by atoms with Gasteiger partial charge < -0.3 is 14.7 Å². The zero-order chi connectivity index (χ0) is 19.4. The summed E-state index contributed by atoms with van der Waals surface area (Å²) in [7, 11) is 1.54. The van der Waals surface area contributed by atoms with Gasteiger partial charge in [-0.25, -0.2) is 13.6 Å². The average Bonchev–Trinajstić information content (AvgIpc) is 3.12. The normalized spacial score (nSPS) is 10.7. The van der Waals surface area contributed by atoms with Crippen molar-refractivity contribution in [3.8, 4) is 11.5 Å². The third-order valence-corrected chi connectivity index (χ3v) is 3.95. The number of amides is 2. The second-order valence-corrected chi connectivity index (χ2v) is 6.11.